The maximum absolute atomic E-state index is 11.7. The van der Waals surface area contributed by atoms with E-state index in [1.807, 2.05) is 6.92 Å². The Hall–Kier alpha value is -1.69. The molecule has 0 fully saturated rings. The lowest BCUT2D eigenvalue weighted by Gasteiger charge is -2.05. The van der Waals surface area contributed by atoms with Crippen LogP contribution in [0.3, 0.4) is 0 Å². The number of nitrogens with one attached hydrogen (secondary N) is 1. The molecule has 0 radical (unpaired) electrons. The summed E-state index contributed by atoms with van der Waals surface area (Å²) in [6.45, 7) is 4.10. The van der Waals surface area contributed by atoms with E-state index in [-0.39, 0.29) is 5.91 Å². The monoisotopic (exact) mass is 264 g/mol. The maximum atomic E-state index is 11.7. The summed E-state index contributed by atoms with van der Waals surface area (Å²) in [7, 11) is 1.59. The molecule has 96 valence electrons. The van der Waals surface area contributed by atoms with Crippen LogP contribution in [0.25, 0.3) is 10.2 Å². The fourth-order valence-electron chi connectivity index (χ4n) is 2.05. The van der Waals surface area contributed by atoms with E-state index >= 15 is 0 Å². The topological polar surface area (TPSA) is 80.9 Å². The fourth-order valence-corrected chi connectivity index (χ4v) is 3.07. The normalized spacial score (nSPS) is 10.8. The van der Waals surface area contributed by atoms with E-state index in [0.29, 0.717) is 10.6 Å². The molecule has 0 saturated carbocycles. The number of aryl methyl sites for hydroxylation is 2. The molecule has 2 heterocycles. The van der Waals surface area contributed by atoms with Crippen molar-refractivity contribution in [3.63, 3.8) is 0 Å². The van der Waals surface area contributed by atoms with Gasteiger partial charge in [-0.15, -0.1) is 16.4 Å². The second-order valence-electron chi connectivity index (χ2n) is 3.94. The van der Waals surface area contributed by atoms with E-state index in [9.17, 15) is 4.79 Å². The van der Waals surface area contributed by atoms with Crippen molar-refractivity contribution < 1.29 is 4.79 Å². The number of nitrogen functional groups attached to an aromatic ring is 1. The first-order valence-electron chi connectivity index (χ1n) is 5.92. The standard InChI is InChI=1S/C12H16N4OS/c1-4-6-7(5-2)15-16-12-8(6)9(13)10(18-12)11(17)14-3/h4-5,13H2,1-3H3,(H,14,17). The molecule has 2 aromatic heterocycles. The molecule has 0 aliphatic heterocycles. The van der Waals surface area contributed by atoms with Crippen LogP contribution in [0.15, 0.2) is 0 Å². The molecule has 3 N–H and O–H groups in total. The molecule has 1 amide bonds. The van der Waals surface area contributed by atoms with Crippen LogP contribution in [-0.4, -0.2) is 23.2 Å². The van der Waals surface area contributed by atoms with Gasteiger partial charge in [-0.1, -0.05) is 13.8 Å². The predicted octanol–water partition coefficient (Wildman–Crippen LogP) is 1.76. The van der Waals surface area contributed by atoms with Gasteiger partial charge in [0.15, 0.2) is 0 Å². The molecule has 0 unspecified atom stereocenters. The molecular weight excluding hydrogens is 248 g/mol. The predicted molar refractivity (Wildman–Crippen MR) is 74.0 cm³/mol. The average Bonchev–Trinajstić information content (AvgIpc) is 2.74. The summed E-state index contributed by atoms with van der Waals surface area (Å²) >= 11 is 1.29. The Morgan fingerprint density at radius 1 is 1.33 bits per heavy atom. The van der Waals surface area contributed by atoms with Crippen LogP contribution in [0.5, 0.6) is 0 Å². The molecule has 6 heteroatoms. The van der Waals surface area contributed by atoms with Crippen LogP contribution in [-0.2, 0) is 12.8 Å². The highest BCUT2D eigenvalue weighted by Crippen LogP contribution is 2.35. The van der Waals surface area contributed by atoms with Crippen LogP contribution in [0.2, 0.25) is 0 Å². The number of hydrogen-bond donors (Lipinski definition) is 2. The van der Waals surface area contributed by atoms with Crippen molar-refractivity contribution in [3.8, 4) is 0 Å². The fraction of sp³-hybridized carbons (Fsp3) is 0.417. The summed E-state index contributed by atoms with van der Waals surface area (Å²) in [5.41, 5.74) is 8.68. The van der Waals surface area contributed by atoms with Gasteiger partial charge in [0, 0.05) is 12.4 Å². The van der Waals surface area contributed by atoms with Crippen molar-refractivity contribution in [1.29, 1.82) is 0 Å². The lowest BCUT2D eigenvalue weighted by atomic mass is 10.1. The second kappa shape index (κ2) is 4.89. The van der Waals surface area contributed by atoms with Gasteiger partial charge < -0.3 is 11.1 Å². The first-order valence-corrected chi connectivity index (χ1v) is 6.74. The number of hydrogen-bond acceptors (Lipinski definition) is 5. The number of carbonyl (C=O) groups excluding carboxylic acids is 1. The Kier molecular flexibility index (Phi) is 3.47. The Balaban J connectivity index is 2.77. The summed E-state index contributed by atoms with van der Waals surface area (Å²) in [4.78, 5) is 13.0. The zero-order chi connectivity index (χ0) is 13.3. The molecule has 0 bridgehead atoms. The summed E-state index contributed by atoms with van der Waals surface area (Å²) < 4.78 is 0. The van der Waals surface area contributed by atoms with Crippen molar-refractivity contribution in [3.05, 3.63) is 16.1 Å². The van der Waals surface area contributed by atoms with Gasteiger partial charge in [0.25, 0.3) is 5.91 Å². The molecule has 2 aromatic rings. The van der Waals surface area contributed by atoms with Crippen molar-refractivity contribution in [2.75, 3.05) is 12.8 Å². The molecule has 5 nitrogen and oxygen atoms in total. The lowest BCUT2D eigenvalue weighted by Crippen LogP contribution is -2.17. The molecule has 0 aliphatic rings. The van der Waals surface area contributed by atoms with Gasteiger partial charge in [0.05, 0.1) is 11.4 Å². The maximum Gasteiger partial charge on any atom is 0.263 e. The SMILES string of the molecule is CCc1nnc2sc(C(=O)NC)c(N)c2c1CC. The molecule has 0 aromatic carbocycles. The van der Waals surface area contributed by atoms with Gasteiger partial charge in [-0.2, -0.15) is 5.10 Å². The van der Waals surface area contributed by atoms with E-state index in [1.54, 1.807) is 7.05 Å². The van der Waals surface area contributed by atoms with Crippen LogP contribution in [0, 0.1) is 0 Å². The molecule has 0 spiro atoms. The lowest BCUT2D eigenvalue weighted by molar-refractivity contribution is 0.0968. The molecular formula is C12H16N4OS. The van der Waals surface area contributed by atoms with E-state index < -0.39 is 0 Å². The smallest absolute Gasteiger partial charge is 0.263 e. The third-order valence-corrected chi connectivity index (χ3v) is 4.05. The minimum Gasteiger partial charge on any atom is -0.397 e. The first-order chi connectivity index (χ1) is 8.63. The second-order valence-corrected chi connectivity index (χ2v) is 4.94. The zero-order valence-electron chi connectivity index (χ0n) is 10.7. The van der Waals surface area contributed by atoms with Crippen molar-refractivity contribution in [2.24, 2.45) is 0 Å². The van der Waals surface area contributed by atoms with E-state index in [4.69, 9.17) is 5.73 Å². The van der Waals surface area contributed by atoms with Gasteiger partial charge in [0.1, 0.15) is 9.71 Å². The van der Waals surface area contributed by atoms with Crippen LogP contribution >= 0.6 is 11.3 Å². The highest BCUT2D eigenvalue weighted by Gasteiger charge is 2.20. The molecule has 0 saturated heterocycles. The molecule has 18 heavy (non-hydrogen) atoms. The summed E-state index contributed by atoms with van der Waals surface area (Å²) in [5.74, 6) is -0.171. The molecule has 0 aliphatic carbocycles. The summed E-state index contributed by atoms with van der Waals surface area (Å²) in [6.07, 6.45) is 1.65. The van der Waals surface area contributed by atoms with Gasteiger partial charge in [0.2, 0.25) is 0 Å². The Labute approximate surface area is 109 Å². The number of rotatable bonds is 3. The number of fused-ring (bicyclic) bond motifs is 1. The van der Waals surface area contributed by atoms with E-state index in [2.05, 4.69) is 22.4 Å². The highest BCUT2D eigenvalue weighted by atomic mass is 32.1. The first kappa shape index (κ1) is 12.8. The van der Waals surface area contributed by atoms with Crippen molar-refractivity contribution >= 4 is 33.1 Å². The highest BCUT2D eigenvalue weighted by molar-refractivity contribution is 7.21. The Morgan fingerprint density at radius 2 is 2.06 bits per heavy atom. The number of aromatic nitrogens is 2. The number of thiophene rings is 1. The van der Waals surface area contributed by atoms with Crippen LogP contribution < -0.4 is 11.1 Å². The number of amides is 1. The number of carbonyl (C=O) groups is 1. The quantitative estimate of drug-likeness (QED) is 0.885. The van der Waals surface area contributed by atoms with Crippen LogP contribution in [0.4, 0.5) is 5.69 Å². The third-order valence-electron chi connectivity index (χ3n) is 2.96. The Bertz CT molecular complexity index is 606. The zero-order valence-corrected chi connectivity index (χ0v) is 11.5. The third kappa shape index (κ3) is 1.82. The number of anilines is 1. The molecule has 0 atom stereocenters. The Morgan fingerprint density at radius 3 is 2.61 bits per heavy atom. The van der Waals surface area contributed by atoms with Gasteiger partial charge in [-0.05, 0) is 18.4 Å². The van der Waals surface area contributed by atoms with Crippen LogP contribution in [0.1, 0.15) is 34.8 Å². The number of nitrogens with two attached hydrogens (primary N) is 1. The number of nitrogens with zero attached hydrogens (tertiary/aromatic N) is 2. The van der Waals surface area contributed by atoms with Crippen molar-refractivity contribution in [2.45, 2.75) is 26.7 Å². The molecule has 2 rings (SSSR count). The largest absolute Gasteiger partial charge is 0.397 e. The van der Waals surface area contributed by atoms with Gasteiger partial charge in [-0.3, -0.25) is 4.79 Å². The summed E-state index contributed by atoms with van der Waals surface area (Å²) in [6, 6.07) is 0. The minimum absolute atomic E-state index is 0.171. The van der Waals surface area contributed by atoms with E-state index in [0.717, 1.165) is 34.3 Å². The minimum atomic E-state index is -0.171. The van der Waals surface area contributed by atoms with Gasteiger partial charge in [-0.25, -0.2) is 0 Å². The summed E-state index contributed by atoms with van der Waals surface area (Å²) in [5, 5.41) is 11.9. The van der Waals surface area contributed by atoms with E-state index in [1.165, 1.54) is 11.3 Å². The average molecular weight is 264 g/mol. The van der Waals surface area contributed by atoms with Gasteiger partial charge >= 0.3 is 0 Å². The van der Waals surface area contributed by atoms with Crippen molar-refractivity contribution in [1.82, 2.24) is 15.5 Å².